The van der Waals surface area contributed by atoms with Crippen molar-refractivity contribution in [1.82, 2.24) is 0 Å². The zero-order valence-corrected chi connectivity index (χ0v) is 10.8. The largest absolute Gasteiger partial charge is 0.325 e. The summed E-state index contributed by atoms with van der Waals surface area (Å²) in [4.78, 5) is 0. The summed E-state index contributed by atoms with van der Waals surface area (Å²) in [6.07, 6.45) is 6.80. The summed E-state index contributed by atoms with van der Waals surface area (Å²) in [7, 11) is 0. The van der Waals surface area contributed by atoms with E-state index in [1.807, 2.05) is 18.2 Å². The molecule has 0 amide bonds. The van der Waals surface area contributed by atoms with E-state index in [1.54, 1.807) is 0 Å². The van der Waals surface area contributed by atoms with E-state index in [2.05, 4.69) is 0 Å². The van der Waals surface area contributed by atoms with Crippen LogP contribution >= 0.6 is 23.2 Å². The molecule has 1 saturated carbocycles. The number of benzene rings is 1. The predicted octanol–water partition coefficient (Wildman–Crippen LogP) is 4.20. The molecule has 1 aliphatic carbocycles. The van der Waals surface area contributed by atoms with Crippen molar-refractivity contribution < 1.29 is 0 Å². The van der Waals surface area contributed by atoms with E-state index in [1.165, 1.54) is 19.3 Å². The first-order chi connectivity index (χ1) is 7.59. The molecule has 1 aromatic carbocycles. The molecule has 88 valence electrons. The van der Waals surface area contributed by atoms with Crippen LogP contribution in [0.2, 0.25) is 10.0 Å². The highest BCUT2D eigenvalue weighted by Crippen LogP contribution is 2.32. The fraction of sp³-hybridized carbons (Fsp3) is 0.538. The summed E-state index contributed by atoms with van der Waals surface area (Å²) in [5.74, 6) is 0. The molecule has 0 radical (unpaired) electrons. The molecular formula is C13H17Cl2N. The van der Waals surface area contributed by atoms with Gasteiger partial charge in [0.15, 0.2) is 0 Å². The van der Waals surface area contributed by atoms with Gasteiger partial charge in [0.05, 0.1) is 0 Å². The van der Waals surface area contributed by atoms with Gasteiger partial charge in [-0.3, -0.25) is 0 Å². The maximum absolute atomic E-state index is 6.41. The highest BCUT2D eigenvalue weighted by atomic mass is 35.5. The number of nitrogens with two attached hydrogens (primary N) is 1. The molecule has 0 unspecified atom stereocenters. The fourth-order valence-corrected chi connectivity index (χ4v) is 2.87. The Balaban J connectivity index is 2.15. The van der Waals surface area contributed by atoms with Gasteiger partial charge in [-0.15, -0.1) is 0 Å². The summed E-state index contributed by atoms with van der Waals surface area (Å²) in [5.41, 5.74) is 7.41. The predicted molar refractivity (Wildman–Crippen MR) is 70.2 cm³/mol. The zero-order chi connectivity index (χ0) is 11.6. The third-order valence-electron chi connectivity index (χ3n) is 3.40. The molecule has 1 aliphatic rings. The number of halogens is 2. The van der Waals surface area contributed by atoms with E-state index in [0.29, 0.717) is 0 Å². The summed E-state index contributed by atoms with van der Waals surface area (Å²) < 4.78 is 0. The minimum Gasteiger partial charge on any atom is -0.325 e. The molecule has 1 aromatic rings. The number of hydrogen-bond acceptors (Lipinski definition) is 1. The highest BCUT2D eigenvalue weighted by Gasteiger charge is 2.28. The van der Waals surface area contributed by atoms with Crippen LogP contribution in [0.25, 0.3) is 0 Å². The molecule has 0 atom stereocenters. The van der Waals surface area contributed by atoms with Crippen LogP contribution in [-0.4, -0.2) is 5.54 Å². The smallest absolute Gasteiger partial charge is 0.0439 e. The first kappa shape index (κ1) is 12.2. The Labute approximate surface area is 107 Å². The Morgan fingerprint density at radius 3 is 2.50 bits per heavy atom. The topological polar surface area (TPSA) is 26.0 Å². The lowest BCUT2D eigenvalue weighted by Gasteiger charge is -2.33. The second-order valence-electron chi connectivity index (χ2n) is 4.84. The molecule has 16 heavy (non-hydrogen) atoms. The van der Waals surface area contributed by atoms with E-state index >= 15 is 0 Å². The van der Waals surface area contributed by atoms with Crippen molar-refractivity contribution >= 4 is 23.2 Å². The Hall–Kier alpha value is -0.240. The molecule has 0 bridgehead atoms. The lowest BCUT2D eigenvalue weighted by Crippen LogP contribution is -2.43. The summed E-state index contributed by atoms with van der Waals surface area (Å²) in [6, 6.07) is 5.61. The lowest BCUT2D eigenvalue weighted by atomic mass is 9.78. The van der Waals surface area contributed by atoms with Crippen molar-refractivity contribution in [1.29, 1.82) is 0 Å². The second kappa shape index (κ2) is 4.95. The van der Waals surface area contributed by atoms with Gasteiger partial charge >= 0.3 is 0 Å². The maximum Gasteiger partial charge on any atom is 0.0439 e. The van der Waals surface area contributed by atoms with Crippen LogP contribution in [-0.2, 0) is 6.42 Å². The first-order valence-electron chi connectivity index (χ1n) is 5.82. The number of rotatable bonds is 2. The van der Waals surface area contributed by atoms with Crippen LogP contribution in [0.3, 0.4) is 0 Å². The van der Waals surface area contributed by atoms with E-state index < -0.39 is 0 Å². The van der Waals surface area contributed by atoms with Gasteiger partial charge in [0.25, 0.3) is 0 Å². The van der Waals surface area contributed by atoms with Crippen molar-refractivity contribution in [2.45, 2.75) is 44.1 Å². The maximum atomic E-state index is 6.41. The minimum absolute atomic E-state index is 0.0768. The van der Waals surface area contributed by atoms with Crippen molar-refractivity contribution in [3.8, 4) is 0 Å². The SMILES string of the molecule is NC1(Cc2cc(Cl)ccc2Cl)CCCCC1. The molecule has 1 nitrogen and oxygen atoms in total. The summed E-state index contributed by atoms with van der Waals surface area (Å²) in [5, 5.41) is 1.51. The monoisotopic (exact) mass is 257 g/mol. The Morgan fingerprint density at radius 2 is 1.81 bits per heavy atom. The van der Waals surface area contributed by atoms with Gasteiger partial charge in [0.1, 0.15) is 0 Å². The van der Waals surface area contributed by atoms with Crippen LogP contribution in [0.5, 0.6) is 0 Å². The van der Waals surface area contributed by atoms with E-state index in [-0.39, 0.29) is 5.54 Å². The van der Waals surface area contributed by atoms with E-state index in [4.69, 9.17) is 28.9 Å². The van der Waals surface area contributed by atoms with Gasteiger partial charge in [-0.2, -0.15) is 0 Å². The van der Waals surface area contributed by atoms with Crippen LogP contribution < -0.4 is 5.73 Å². The molecular weight excluding hydrogens is 241 g/mol. The van der Waals surface area contributed by atoms with Crippen LogP contribution in [0.1, 0.15) is 37.7 Å². The van der Waals surface area contributed by atoms with Crippen molar-refractivity contribution in [3.63, 3.8) is 0 Å². The van der Waals surface area contributed by atoms with Crippen molar-refractivity contribution in [2.24, 2.45) is 5.73 Å². The molecule has 0 aromatic heterocycles. The fourth-order valence-electron chi connectivity index (χ4n) is 2.49. The summed E-state index contributed by atoms with van der Waals surface area (Å²) in [6.45, 7) is 0. The summed E-state index contributed by atoms with van der Waals surface area (Å²) >= 11 is 12.1. The molecule has 1 fully saturated rings. The molecule has 0 aliphatic heterocycles. The van der Waals surface area contributed by atoms with Gasteiger partial charge in [-0.05, 0) is 43.0 Å². The van der Waals surface area contributed by atoms with Crippen LogP contribution in [0.15, 0.2) is 18.2 Å². The highest BCUT2D eigenvalue weighted by molar-refractivity contribution is 6.33. The van der Waals surface area contributed by atoms with Gasteiger partial charge < -0.3 is 5.73 Å². The van der Waals surface area contributed by atoms with Crippen molar-refractivity contribution in [2.75, 3.05) is 0 Å². The first-order valence-corrected chi connectivity index (χ1v) is 6.57. The molecule has 2 N–H and O–H groups in total. The van der Waals surface area contributed by atoms with Gasteiger partial charge in [-0.1, -0.05) is 42.5 Å². The zero-order valence-electron chi connectivity index (χ0n) is 9.31. The minimum atomic E-state index is -0.0768. The molecule has 3 heteroatoms. The lowest BCUT2D eigenvalue weighted by molar-refractivity contribution is 0.294. The van der Waals surface area contributed by atoms with Crippen LogP contribution in [0.4, 0.5) is 0 Å². The second-order valence-corrected chi connectivity index (χ2v) is 5.68. The van der Waals surface area contributed by atoms with E-state index in [0.717, 1.165) is 34.9 Å². The van der Waals surface area contributed by atoms with Gasteiger partial charge in [-0.25, -0.2) is 0 Å². The molecule has 2 rings (SSSR count). The van der Waals surface area contributed by atoms with Gasteiger partial charge in [0.2, 0.25) is 0 Å². The van der Waals surface area contributed by atoms with E-state index in [9.17, 15) is 0 Å². The van der Waals surface area contributed by atoms with Crippen molar-refractivity contribution in [3.05, 3.63) is 33.8 Å². The average molecular weight is 258 g/mol. The number of hydrogen-bond donors (Lipinski definition) is 1. The Bertz CT molecular complexity index is 370. The molecule has 0 heterocycles. The van der Waals surface area contributed by atoms with Crippen LogP contribution in [0, 0.1) is 0 Å². The quantitative estimate of drug-likeness (QED) is 0.845. The molecule has 0 spiro atoms. The van der Waals surface area contributed by atoms with Gasteiger partial charge in [0, 0.05) is 15.6 Å². The normalized spacial score (nSPS) is 19.7. The third kappa shape index (κ3) is 2.91. The third-order valence-corrected chi connectivity index (χ3v) is 4.00. The average Bonchev–Trinajstić information content (AvgIpc) is 2.24. The standard InChI is InChI=1S/C13H17Cl2N/c14-11-4-5-12(15)10(8-11)9-13(16)6-2-1-3-7-13/h4-5,8H,1-3,6-7,9,16H2. The molecule has 0 saturated heterocycles. The Morgan fingerprint density at radius 1 is 1.12 bits per heavy atom. The Kier molecular flexibility index (Phi) is 3.78.